The van der Waals surface area contributed by atoms with Crippen LogP contribution in [0, 0.1) is 11.8 Å². The normalized spacial score (nSPS) is 23.2. The lowest BCUT2D eigenvalue weighted by atomic mass is 10.0. The Labute approximate surface area is 166 Å². The maximum Gasteiger partial charge on any atom is 0.277 e. The van der Waals surface area contributed by atoms with Gasteiger partial charge in [-0.3, -0.25) is 9.59 Å². The minimum atomic E-state index is -1.66. The van der Waals surface area contributed by atoms with Gasteiger partial charge < -0.3 is 20.5 Å². The number of likely N-dealkylation sites (tertiary alicyclic amines) is 1. The van der Waals surface area contributed by atoms with E-state index in [0.717, 1.165) is 10.4 Å². The number of likely N-dealkylation sites (N-methyl/N-ethyl adjacent to an activating group) is 1. The van der Waals surface area contributed by atoms with Crippen LogP contribution in [0.2, 0.25) is 0 Å². The molecule has 8 heteroatoms. The highest BCUT2D eigenvalue weighted by molar-refractivity contribution is 7.14. The Morgan fingerprint density at radius 3 is 2.96 bits per heavy atom. The van der Waals surface area contributed by atoms with Crippen LogP contribution in [-0.2, 0) is 4.79 Å². The van der Waals surface area contributed by atoms with Crippen molar-refractivity contribution < 1.29 is 19.4 Å². The van der Waals surface area contributed by atoms with Gasteiger partial charge in [0.25, 0.3) is 11.8 Å². The Hall–Kier alpha value is -2.89. The summed E-state index contributed by atoms with van der Waals surface area (Å²) >= 11 is 1.28. The van der Waals surface area contributed by atoms with E-state index in [-0.39, 0.29) is 23.3 Å². The number of carbonyl (C=O) groups is 2. The summed E-state index contributed by atoms with van der Waals surface area (Å²) in [6.45, 7) is 2.94. The lowest BCUT2D eigenvalue weighted by Crippen LogP contribution is -2.37. The molecule has 0 spiro atoms. The van der Waals surface area contributed by atoms with Crippen molar-refractivity contribution >= 4 is 23.2 Å². The van der Waals surface area contributed by atoms with E-state index in [2.05, 4.69) is 16.8 Å². The summed E-state index contributed by atoms with van der Waals surface area (Å²) in [5, 5.41) is 10.7. The molecular weight excluding hydrogens is 378 g/mol. The van der Waals surface area contributed by atoms with Crippen molar-refractivity contribution in [2.24, 2.45) is 5.73 Å². The molecule has 0 bridgehead atoms. The van der Waals surface area contributed by atoms with Gasteiger partial charge in [0.2, 0.25) is 5.60 Å². The molecule has 0 saturated carbocycles. The number of hydrogen-bond donors (Lipinski definition) is 2. The molecule has 2 aromatic rings. The zero-order chi connectivity index (χ0) is 20.1. The third-order valence-corrected chi connectivity index (χ3v) is 6.26. The van der Waals surface area contributed by atoms with Gasteiger partial charge in [-0.15, -0.1) is 11.3 Å². The molecule has 0 radical (unpaired) electrons. The van der Waals surface area contributed by atoms with Crippen molar-refractivity contribution in [3.05, 3.63) is 33.6 Å². The molecule has 3 heterocycles. The number of rotatable bonds is 1. The highest BCUT2D eigenvalue weighted by atomic mass is 32.1. The number of hydrogen-bond acceptors (Lipinski definition) is 6. The van der Waals surface area contributed by atoms with Gasteiger partial charge in [-0.2, -0.15) is 0 Å². The van der Waals surface area contributed by atoms with E-state index in [4.69, 9.17) is 10.5 Å². The van der Waals surface area contributed by atoms with E-state index in [1.807, 2.05) is 6.92 Å². The Balaban J connectivity index is 1.76. The average molecular weight is 397 g/mol. The Kier molecular flexibility index (Phi) is 4.37. The number of fused-ring (bicyclic) bond motifs is 3. The van der Waals surface area contributed by atoms with Crippen LogP contribution < -0.4 is 10.5 Å². The molecule has 28 heavy (non-hydrogen) atoms. The first-order valence-electron chi connectivity index (χ1n) is 8.87. The van der Waals surface area contributed by atoms with Gasteiger partial charge in [0.05, 0.1) is 12.3 Å². The Morgan fingerprint density at radius 1 is 1.50 bits per heavy atom. The van der Waals surface area contributed by atoms with Crippen molar-refractivity contribution in [3.63, 3.8) is 0 Å². The molecule has 1 saturated heterocycles. The average Bonchev–Trinajstić information content (AvgIpc) is 3.20. The third-order valence-electron chi connectivity index (χ3n) is 4.96. The molecular formula is C20H19N3O4S. The monoisotopic (exact) mass is 397 g/mol. The Bertz CT molecular complexity index is 1050. The van der Waals surface area contributed by atoms with E-state index < -0.39 is 11.5 Å². The summed E-state index contributed by atoms with van der Waals surface area (Å²) in [5.74, 6) is 5.38. The maximum atomic E-state index is 12.1. The zero-order valence-electron chi connectivity index (χ0n) is 15.5. The van der Waals surface area contributed by atoms with E-state index in [1.165, 1.54) is 16.2 Å². The predicted molar refractivity (Wildman–Crippen MR) is 104 cm³/mol. The van der Waals surface area contributed by atoms with Gasteiger partial charge in [0, 0.05) is 41.9 Å². The van der Waals surface area contributed by atoms with Crippen molar-refractivity contribution in [2.45, 2.75) is 24.9 Å². The molecule has 2 amide bonds. The molecule has 4 rings (SSSR count). The molecule has 2 atom stereocenters. The van der Waals surface area contributed by atoms with Crippen LogP contribution in [0.3, 0.4) is 0 Å². The molecule has 3 N–H and O–H groups in total. The fourth-order valence-electron chi connectivity index (χ4n) is 3.32. The van der Waals surface area contributed by atoms with Crippen molar-refractivity contribution in [3.8, 4) is 28.8 Å². The lowest BCUT2D eigenvalue weighted by molar-refractivity contribution is -0.137. The third kappa shape index (κ3) is 3.03. The minimum Gasteiger partial charge on any atom is -0.492 e. The second-order valence-electron chi connectivity index (χ2n) is 7.11. The summed E-state index contributed by atoms with van der Waals surface area (Å²) in [5.41, 5.74) is 5.75. The predicted octanol–water partition coefficient (Wildman–Crippen LogP) is 1.35. The molecule has 144 valence electrons. The second-order valence-corrected chi connectivity index (χ2v) is 8.14. The molecule has 1 aromatic carbocycles. The van der Waals surface area contributed by atoms with Gasteiger partial charge >= 0.3 is 0 Å². The quantitative estimate of drug-likeness (QED) is 0.707. The van der Waals surface area contributed by atoms with Crippen LogP contribution in [0.15, 0.2) is 18.2 Å². The van der Waals surface area contributed by atoms with Gasteiger partial charge in [-0.05, 0) is 18.2 Å². The molecule has 0 aliphatic carbocycles. The number of primary amides is 1. The highest BCUT2D eigenvalue weighted by Gasteiger charge is 2.42. The van der Waals surface area contributed by atoms with Gasteiger partial charge in [-0.25, -0.2) is 4.98 Å². The number of thiazole rings is 1. The maximum absolute atomic E-state index is 12.1. The van der Waals surface area contributed by atoms with E-state index in [1.54, 1.807) is 25.2 Å². The molecule has 7 nitrogen and oxygen atoms in total. The van der Waals surface area contributed by atoms with Crippen LogP contribution in [0.1, 0.15) is 39.5 Å². The smallest absolute Gasteiger partial charge is 0.277 e. The highest BCUT2D eigenvalue weighted by Crippen LogP contribution is 2.41. The molecule has 1 aromatic heterocycles. The van der Waals surface area contributed by atoms with E-state index >= 15 is 0 Å². The number of aromatic nitrogens is 1. The largest absolute Gasteiger partial charge is 0.492 e. The van der Waals surface area contributed by atoms with Gasteiger partial charge in [0.15, 0.2) is 5.01 Å². The number of nitrogens with zero attached hydrogens (tertiary/aromatic N) is 2. The van der Waals surface area contributed by atoms with Crippen molar-refractivity contribution in [1.29, 1.82) is 0 Å². The van der Waals surface area contributed by atoms with Crippen LogP contribution in [0.5, 0.6) is 5.75 Å². The first-order valence-corrected chi connectivity index (χ1v) is 9.69. The van der Waals surface area contributed by atoms with Crippen LogP contribution >= 0.6 is 11.3 Å². The summed E-state index contributed by atoms with van der Waals surface area (Å²) < 4.78 is 5.88. The topological polar surface area (TPSA) is 106 Å². The van der Waals surface area contributed by atoms with Crippen LogP contribution in [-0.4, -0.2) is 52.6 Å². The zero-order valence-corrected chi connectivity index (χ0v) is 16.3. The standard InChI is InChI=1S/C20H19N3O4S/c1-11-10-27-14-4-3-12(5-6-20(26)7-8-23(2)19(20)25)9-13(14)15-16(11)28-18(22-15)17(21)24/h3-4,9,11,26H,7-8,10H2,1-2H3,(H2,21,24)/t11-,20?/m0/s1. The summed E-state index contributed by atoms with van der Waals surface area (Å²) in [6.07, 6.45) is 0.277. The van der Waals surface area contributed by atoms with E-state index in [0.29, 0.717) is 30.2 Å². The SMILES string of the molecule is C[C@H]1COc2ccc(C#CC3(O)CCN(C)C3=O)cc2-c2nc(C(N)=O)sc21. The molecule has 1 fully saturated rings. The van der Waals surface area contributed by atoms with Crippen LogP contribution in [0.25, 0.3) is 11.3 Å². The van der Waals surface area contributed by atoms with E-state index in [9.17, 15) is 14.7 Å². The number of carbonyl (C=O) groups excluding carboxylic acids is 2. The van der Waals surface area contributed by atoms with Crippen LogP contribution in [0.4, 0.5) is 0 Å². The summed E-state index contributed by atoms with van der Waals surface area (Å²) in [6, 6.07) is 5.36. The molecule has 1 unspecified atom stereocenters. The van der Waals surface area contributed by atoms with Gasteiger partial charge in [0.1, 0.15) is 5.75 Å². The number of aliphatic hydroxyl groups is 1. The van der Waals surface area contributed by atoms with Crippen molar-refractivity contribution in [1.82, 2.24) is 9.88 Å². The fraction of sp³-hybridized carbons (Fsp3) is 0.350. The number of amides is 2. The minimum absolute atomic E-state index is 0.0647. The lowest BCUT2D eigenvalue weighted by Gasteiger charge is -2.13. The number of nitrogens with two attached hydrogens (primary N) is 1. The number of benzene rings is 1. The molecule has 2 aliphatic heterocycles. The molecule has 2 aliphatic rings. The summed E-state index contributed by atoms with van der Waals surface area (Å²) in [7, 11) is 1.64. The second kappa shape index (κ2) is 6.62. The number of ether oxygens (including phenoxy) is 1. The Morgan fingerprint density at radius 2 is 2.29 bits per heavy atom. The first kappa shape index (κ1) is 18.5. The first-order chi connectivity index (χ1) is 13.3. The van der Waals surface area contributed by atoms with Gasteiger partial charge in [-0.1, -0.05) is 18.8 Å². The summed E-state index contributed by atoms with van der Waals surface area (Å²) in [4.78, 5) is 30.5. The van der Waals surface area contributed by atoms with Crippen molar-refractivity contribution in [2.75, 3.05) is 20.2 Å². The fourth-order valence-corrected chi connectivity index (χ4v) is 4.29.